The first-order chi connectivity index (χ1) is 13.2. The molecule has 2 aromatic carbocycles. The molecule has 27 heavy (non-hydrogen) atoms. The largest absolute Gasteiger partial charge is 0.345 e. The molecule has 1 aliphatic heterocycles. The number of urea groups is 1. The van der Waals surface area contributed by atoms with Gasteiger partial charge in [-0.1, -0.05) is 47.7 Å². The molecule has 0 atom stereocenters. The van der Waals surface area contributed by atoms with E-state index in [1.807, 2.05) is 23.1 Å². The molecule has 0 bridgehead atoms. The fourth-order valence-electron chi connectivity index (χ4n) is 3.33. The highest BCUT2D eigenvalue weighted by molar-refractivity contribution is 7.22. The van der Waals surface area contributed by atoms with Crippen LogP contribution in [-0.4, -0.2) is 48.6 Å². The Bertz CT molecular complexity index is 916. The minimum atomic E-state index is 0.0329. The van der Waals surface area contributed by atoms with E-state index in [0.717, 1.165) is 43.2 Å². The van der Waals surface area contributed by atoms with Gasteiger partial charge < -0.3 is 15.1 Å². The van der Waals surface area contributed by atoms with Crippen LogP contribution in [0.2, 0.25) is 0 Å². The first-order valence-corrected chi connectivity index (χ1v) is 10.2. The topological polar surface area (TPSA) is 48.5 Å². The lowest BCUT2D eigenvalue weighted by Gasteiger charge is -2.34. The van der Waals surface area contributed by atoms with E-state index in [-0.39, 0.29) is 6.03 Å². The van der Waals surface area contributed by atoms with Crippen molar-refractivity contribution < 1.29 is 4.79 Å². The molecule has 1 N–H and O–H groups in total. The highest BCUT2D eigenvalue weighted by Gasteiger charge is 2.22. The summed E-state index contributed by atoms with van der Waals surface area (Å²) in [6, 6.07) is 16.6. The van der Waals surface area contributed by atoms with Gasteiger partial charge >= 0.3 is 6.03 Å². The van der Waals surface area contributed by atoms with Gasteiger partial charge in [0.05, 0.1) is 10.2 Å². The van der Waals surface area contributed by atoms with E-state index in [9.17, 15) is 4.79 Å². The van der Waals surface area contributed by atoms with Crippen molar-refractivity contribution >= 4 is 32.7 Å². The third kappa shape index (κ3) is 4.22. The van der Waals surface area contributed by atoms with Gasteiger partial charge in [0, 0.05) is 32.7 Å². The first kappa shape index (κ1) is 17.8. The number of hydrogen-bond acceptors (Lipinski definition) is 4. The minimum absolute atomic E-state index is 0.0329. The van der Waals surface area contributed by atoms with E-state index >= 15 is 0 Å². The maximum absolute atomic E-state index is 12.4. The lowest BCUT2D eigenvalue weighted by atomic mass is 10.1. The van der Waals surface area contributed by atoms with Gasteiger partial charge in [-0.25, -0.2) is 9.78 Å². The summed E-state index contributed by atoms with van der Waals surface area (Å²) in [6.07, 6.45) is 0.859. The van der Waals surface area contributed by atoms with E-state index in [2.05, 4.69) is 47.5 Å². The number of fused-ring (bicyclic) bond motifs is 1. The van der Waals surface area contributed by atoms with Crippen LogP contribution in [0.25, 0.3) is 10.2 Å². The van der Waals surface area contributed by atoms with E-state index in [0.29, 0.717) is 6.54 Å². The van der Waals surface area contributed by atoms with Gasteiger partial charge in [0.2, 0.25) is 0 Å². The highest BCUT2D eigenvalue weighted by atomic mass is 32.1. The van der Waals surface area contributed by atoms with Crippen LogP contribution >= 0.6 is 11.3 Å². The SMILES string of the molecule is Cc1ccc2nc(N3CCN(C(=O)NCCc4ccccc4)CC3)sc2c1. The zero-order valence-corrected chi connectivity index (χ0v) is 16.3. The Morgan fingerprint density at radius 2 is 1.89 bits per heavy atom. The van der Waals surface area contributed by atoms with Crippen molar-refractivity contribution in [3.05, 3.63) is 59.7 Å². The van der Waals surface area contributed by atoms with Crippen molar-refractivity contribution in [2.45, 2.75) is 13.3 Å². The summed E-state index contributed by atoms with van der Waals surface area (Å²) in [7, 11) is 0. The van der Waals surface area contributed by atoms with Crippen LogP contribution in [0, 0.1) is 6.92 Å². The first-order valence-electron chi connectivity index (χ1n) is 9.38. The van der Waals surface area contributed by atoms with Crippen LogP contribution in [0.1, 0.15) is 11.1 Å². The van der Waals surface area contributed by atoms with E-state index in [1.54, 1.807) is 11.3 Å². The molecule has 0 unspecified atom stereocenters. The molecular weight excluding hydrogens is 356 g/mol. The number of carbonyl (C=O) groups excluding carboxylic acids is 1. The summed E-state index contributed by atoms with van der Waals surface area (Å²) in [5.74, 6) is 0. The van der Waals surface area contributed by atoms with Gasteiger partial charge in [-0.15, -0.1) is 0 Å². The third-order valence-corrected chi connectivity index (χ3v) is 5.98. The number of benzene rings is 2. The predicted octanol–water partition coefficient (Wildman–Crippen LogP) is 3.68. The second-order valence-corrected chi connectivity index (χ2v) is 7.92. The van der Waals surface area contributed by atoms with Gasteiger partial charge in [-0.3, -0.25) is 0 Å². The lowest BCUT2D eigenvalue weighted by molar-refractivity contribution is 0.194. The molecule has 6 heteroatoms. The Kier molecular flexibility index (Phi) is 5.25. The normalized spacial score (nSPS) is 14.6. The van der Waals surface area contributed by atoms with Crippen molar-refractivity contribution in [2.75, 3.05) is 37.6 Å². The number of piperazine rings is 1. The van der Waals surface area contributed by atoms with Crippen molar-refractivity contribution in [2.24, 2.45) is 0 Å². The number of nitrogens with one attached hydrogen (secondary N) is 1. The molecule has 1 aromatic heterocycles. The number of thiazole rings is 1. The summed E-state index contributed by atoms with van der Waals surface area (Å²) in [6.45, 7) is 5.88. The van der Waals surface area contributed by atoms with Crippen LogP contribution in [-0.2, 0) is 6.42 Å². The summed E-state index contributed by atoms with van der Waals surface area (Å²) in [5, 5.41) is 4.09. The second kappa shape index (κ2) is 7.96. The molecule has 2 amide bonds. The molecule has 1 fully saturated rings. The van der Waals surface area contributed by atoms with Crippen LogP contribution in [0.5, 0.6) is 0 Å². The lowest BCUT2D eigenvalue weighted by Crippen LogP contribution is -2.52. The maximum atomic E-state index is 12.4. The Labute approximate surface area is 163 Å². The number of hydrogen-bond donors (Lipinski definition) is 1. The summed E-state index contributed by atoms with van der Waals surface area (Å²) >= 11 is 1.73. The molecular formula is C21H24N4OS. The van der Waals surface area contributed by atoms with Crippen molar-refractivity contribution in [1.82, 2.24) is 15.2 Å². The van der Waals surface area contributed by atoms with Crippen LogP contribution in [0.3, 0.4) is 0 Å². The Hall–Kier alpha value is -2.60. The smallest absolute Gasteiger partial charge is 0.317 e. The Balaban J connectivity index is 1.28. The van der Waals surface area contributed by atoms with Crippen molar-refractivity contribution in [3.8, 4) is 0 Å². The molecule has 5 nitrogen and oxygen atoms in total. The van der Waals surface area contributed by atoms with Gasteiger partial charge in [-0.2, -0.15) is 0 Å². The molecule has 4 rings (SSSR count). The number of aromatic nitrogens is 1. The van der Waals surface area contributed by atoms with Gasteiger partial charge in [0.15, 0.2) is 5.13 Å². The highest BCUT2D eigenvalue weighted by Crippen LogP contribution is 2.30. The molecule has 0 aliphatic carbocycles. The second-order valence-electron chi connectivity index (χ2n) is 6.91. The zero-order chi connectivity index (χ0) is 18.6. The number of rotatable bonds is 4. The summed E-state index contributed by atoms with van der Waals surface area (Å²) in [5.41, 5.74) is 3.56. The number of nitrogens with zero attached hydrogens (tertiary/aromatic N) is 3. The summed E-state index contributed by atoms with van der Waals surface area (Å²) in [4.78, 5) is 21.3. The Morgan fingerprint density at radius 3 is 2.67 bits per heavy atom. The van der Waals surface area contributed by atoms with Crippen LogP contribution < -0.4 is 10.2 Å². The van der Waals surface area contributed by atoms with Gasteiger partial charge in [0.1, 0.15) is 0 Å². The minimum Gasteiger partial charge on any atom is -0.345 e. The average molecular weight is 381 g/mol. The molecule has 0 saturated carbocycles. The number of amides is 2. The molecule has 3 aromatic rings. The van der Waals surface area contributed by atoms with Crippen molar-refractivity contribution in [1.29, 1.82) is 0 Å². The predicted molar refractivity (Wildman–Crippen MR) is 112 cm³/mol. The van der Waals surface area contributed by atoms with E-state index in [1.165, 1.54) is 15.8 Å². The standard InChI is InChI=1S/C21H24N4OS/c1-16-7-8-18-19(15-16)27-21(23-18)25-13-11-24(12-14-25)20(26)22-10-9-17-5-3-2-4-6-17/h2-8,15H,9-14H2,1H3,(H,22,26). The molecule has 2 heterocycles. The van der Waals surface area contributed by atoms with Crippen LogP contribution in [0.15, 0.2) is 48.5 Å². The number of anilines is 1. The third-order valence-electron chi connectivity index (χ3n) is 4.90. The molecule has 140 valence electrons. The summed E-state index contributed by atoms with van der Waals surface area (Å²) < 4.78 is 1.23. The van der Waals surface area contributed by atoms with E-state index in [4.69, 9.17) is 4.98 Å². The maximum Gasteiger partial charge on any atom is 0.317 e. The fourth-order valence-corrected chi connectivity index (χ4v) is 4.44. The quantitative estimate of drug-likeness (QED) is 0.751. The van der Waals surface area contributed by atoms with Gasteiger partial charge in [-0.05, 0) is 36.6 Å². The van der Waals surface area contributed by atoms with E-state index < -0.39 is 0 Å². The van der Waals surface area contributed by atoms with Gasteiger partial charge in [0.25, 0.3) is 0 Å². The fraction of sp³-hybridized carbons (Fsp3) is 0.333. The number of aryl methyl sites for hydroxylation is 1. The monoisotopic (exact) mass is 380 g/mol. The Morgan fingerprint density at radius 1 is 1.11 bits per heavy atom. The number of carbonyl (C=O) groups is 1. The van der Waals surface area contributed by atoms with Crippen molar-refractivity contribution in [3.63, 3.8) is 0 Å². The average Bonchev–Trinajstić information content (AvgIpc) is 3.12. The molecule has 1 aliphatic rings. The van der Waals surface area contributed by atoms with Crippen LogP contribution in [0.4, 0.5) is 9.93 Å². The molecule has 1 saturated heterocycles. The molecule has 0 radical (unpaired) electrons. The zero-order valence-electron chi connectivity index (χ0n) is 15.5. The molecule has 0 spiro atoms.